The lowest BCUT2D eigenvalue weighted by Crippen LogP contribution is -2.04. The van der Waals surface area contributed by atoms with Gasteiger partial charge < -0.3 is 10.1 Å². The summed E-state index contributed by atoms with van der Waals surface area (Å²) in [6.07, 6.45) is 3.18. The van der Waals surface area contributed by atoms with Gasteiger partial charge in [0.15, 0.2) is 11.6 Å². The van der Waals surface area contributed by atoms with Gasteiger partial charge in [0.25, 0.3) is 0 Å². The predicted octanol–water partition coefficient (Wildman–Crippen LogP) is 3.28. The smallest absolute Gasteiger partial charge is 0.174 e. The Bertz CT molecular complexity index is 528. The van der Waals surface area contributed by atoms with Crippen LogP contribution in [0.15, 0.2) is 30.6 Å². The Morgan fingerprint density at radius 2 is 2.16 bits per heavy atom. The molecule has 0 fully saturated rings. The molecule has 0 radical (unpaired) electrons. The molecule has 1 heterocycles. The molecule has 0 aliphatic carbocycles. The third kappa shape index (κ3) is 3.54. The number of aromatic nitrogens is 2. The second kappa shape index (κ2) is 6.33. The number of hydrogen-bond donors (Lipinski definition) is 1. The molecule has 6 heteroatoms. The lowest BCUT2D eigenvalue weighted by atomic mass is 10.3. The second-order valence-electron chi connectivity index (χ2n) is 3.76. The van der Waals surface area contributed by atoms with E-state index < -0.39 is 5.82 Å². The zero-order chi connectivity index (χ0) is 13.7. The summed E-state index contributed by atoms with van der Waals surface area (Å²) in [4.78, 5) is 8.30. The van der Waals surface area contributed by atoms with Gasteiger partial charge in [0.1, 0.15) is 12.4 Å². The van der Waals surface area contributed by atoms with Crippen molar-refractivity contribution in [2.75, 3.05) is 11.9 Å². The van der Waals surface area contributed by atoms with Crippen molar-refractivity contribution in [3.8, 4) is 5.75 Å². The van der Waals surface area contributed by atoms with Crippen LogP contribution in [0.2, 0.25) is 5.02 Å². The number of para-hydroxylation sites is 1. The van der Waals surface area contributed by atoms with Crippen LogP contribution < -0.4 is 10.1 Å². The van der Waals surface area contributed by atoms with Gasteiger partial charge in [-0.25, -0.2) is 9.37 Å². The highest BCUT2D eigenvalue weighted by molar-refractivity contribution is 6.32. The molecule has 0 bridgehead atoms. The van der Waals surface area contributed by atoms with Crippen LogP contribution in [0.1, 0.15) is 12.6 Å². The molecule has 0 atom stereocenters. The van der Waals surface area contributed by atoms with E-state index in [1.807, 2.05) is 6.92 Å². The molecule has 19 heavy (non-hydrogen) atoms. The van der Waals surface area contributed by atoms with Crippen molar-refractivity contribution in [3.05, 3.63) is 47.1 Å². The monoisotopic (exact) mass is 281 g/mol. The number of nitrogens with zero attached hydrogens (tertiary/aromatic N) is 2. The average molecular weight is 282 g/mol. The van der Waals surface area contributed by atoms with Gasteiger partial charge in [0.05, 0.1) is 23.1 Å². The van der Waals surface area contributed by atoms with Crippen molar-refractivity contribution < 1.29 is 9.13 Å². The maximum Gasteiger partial charge on any atom is 0.174 e. The maximum absolute atomic E-state index is 13.5. The normalized spacial score (nSPS) is 10.3. The predicted molar refractivity (Wildman–Crippen MR) is 71.9 cm³/mol. The van der Waals surface area contributed by atoms with E-state index in [0.29, 0.717) is 11.5 Å². The van der Waals surface area contributed by atoms with Gasteiger partial charge in [-0.05, 0) is 19.1 Å². The molecule has 0 aliphatic heterocycles. The minimum absolute atomic E-state index is 0.0294. The van der Waals surface area contributed by atoms with Crippen LogP contribution in [-0.4, -0.2) is 16.5 Å². The maximum atomic E-state index is 13.5. The van der Waals surface area contributed by atoms with Gasteiger partial charge in [-0.15, -0.1) is 0 Å². The van der Waals surface area contributed by atoms with Gasteiger partial charge in [-0.2, -0.15) is 0 Å². The van der Waals surface area contributed by atoms with Crippen molar-refractivity contribution in [2.24, 2.45) is 0 Å². The largest absolute Gasteiger partial charge is 0.483 e. The van der Waals surface area contributed by atoms with Crippen LogP contribution in [0.5, 0.6) is 5.75 Å². The minimum atomic E-state index is -0.496. The summed E-state index contributed by atoms with van der Waals surface area (Å²) in [5.74, 6) is 0.224. The summed E-state index contributed by atoms with van der Waals surface area (Å²) in [6.45, 7) is 2.86. The van der Waals surface area contributed by atoms with Crippen molar-refractivity contribution in [3.63, 3.8) is 0 Å². The molecule has 1 aromatic carbocycles. The molecule has 0 saturated carbocycles. The van der Waals surface area contributed by atoms with E-state index in [0.717, 1.165) is 6.54 Å². The lowest BCUT2D eigenvalue weighted by molar-refractivity contribution is 0.285. The minimum Gasteiger partial charge on any atom is -0.483 e. The van der Waals surface area contributed by atoms with E-state index in [1.54, 1.807) is 18.5 Å². The van der Waals surface area contributed by atoms with Crippen molar-refractivity contribution in [2.45, 2.75) is 13.5 Å². The summed E-state index contributed by atoms with van der Waals surface area (Å²) < 4.78 is 18.8. The molecule has 0 saturated heterocycles. The fourth-order valence-electron chi connectivity index (χ4n) is 1.47. The third-order valence-corrected chi connectivity index (χ3v) is 2.64. The Morgan fingerprint density at radius 1 is 1.32 bits per heavy atom. The number of benzene rings is 1. The first-order chi connectivity index (χ1) is 9.20. The Kier molecular flexibility index (Phi) is 4.52. The number of ether oxygens (including phenoxy) is 1. The Morgan fingerprint density at radius 3 is 2.79 bits per heavy atom. The van der Waals surface area contributed by atoms with Crippen molar-refractivity contribution in [1.29, 1.82) is 0 Å². The molecule has 4 nitrogen and oxygen atoms in total. The summed E-state index contributed by atoms with van der Waals surface area (Å²) in [7, 11) is 0. The summed E-state index contributed by atoms with van der Waals surface area (Å²) in [6, 6.07) is 4.39. The number of nitrogens with one attached hydrogen (secondary N) is 1. The molecule has 0 amide bonds. The summed E-state index contributed by atoms with van der Waals surface area (Å²) >= 11 is 5.85. The first-order valence-corrected chi connectivity index (χ1v) is 6.20. The van der Waals surface area contributed by atoms with Crippen LogP contribution >= 0.6 is 11.6 Å². The van der Waals surface area contributed by atoms with Crippen LogP contribution in [0.25, 0.3) is 0 Å². The SMILES string of the molecule is CCNc1cnc(COc2c(F)cccc2Cl)cn1. The fourth-order valence-corrected chi connectivity index (χ4v) is 1.69. The Hall–Kier alpha value is -1.88. The van der Waals surface area contributed by atoms with Gasteiger partial charge in [-0.3, -0.25) is 4.98 Å². The highest BCUT2D eigenvalue weighted by Gasteiger charge is 2.08. The first-order valence-electron chi connectivity index (χ1n) is 5.82. The molecule has 0 spiro atoms. The number of anilines is 1. The topological polar surface area (TPSA) is 47.0 Å². The van der Waals surface area contributed by atoms with Gasteiger partial charge >= 0.3 is 0 Å². The zero-order valence-corrected chi connectivity index (χ0v) is 11.1. The first kappa shape index (κ1) is 13.5. The summed E-state index contributed by atoms with van der Waals surface area (Å²) in [5.41, 5.74) is 0.598. The van der Waals surface area contributed by atoms with E-state index in [-0.39, 0.29) is 17.4 Å². The molecule has 100 valence electrons. The lowest BCUT2D eigenvalue weighted by Gasteiger charge is -2.08. The fraction of sp³-hybridized carbons (Fsp3) is 0.231. The van der Waals surface area contributed by atoms with Gasteiger partial charge in [0, 0.05) is 6.54 Å². The van der Waals surface area contributed by atoms with E-state index in [4.69, 9.17) is 16.3 Å². The summed E-state index contributed by atoms with van der Waals surface area (Å²) in [5, 5.41) is 3.26. The highest BCUT2D eigenvalue weighted by atomic mass is 35.5. The highest BCUT2D eigenvalue weighted by Crippen LogP contribution is 2.27. The molecule has 0 unspecified atom stereocenters. The number of rotatable bonds is 5. The molecule has 1 aromatic heterocycles. The average Bonchev–Trinajstić information content (AvgIpc) is 2.40. The standard InChI is InChI=1S/C13H13ClFN3O/c1-2-16-12-7-17-9(6-18-12)8-19-13-10(14)4-3-5-11(13)15/h3-7H,2,8H2,1H3,(H,16,18). The van der Waals surface area contributed by atoms with Crippen LogP contribution in [0.4, 0.5) is 10.2 Å². The molecule has 0 aliphatic rings. The Balaban J connectivity index is 2.02. The van der Waals surface area contributed by atoms with Crippen LogP contribution in [0.3, 0.4) is 0 Å². The van der Waals surface area contributed by atoms with Gasteiger partial charge in [0.2, 0.25) is 0 Å². The van der Waals surface area contributed by atoms with Crippen molar-refractivity contribution in [1.82, 2.24) is 9.97 Å². The third-order valence-electron chi connectivity index (χ3n) is 2.35. The molecular weight excluding hydrogens is 269 g/mol. The second-order valence-corrected chi connectivity index (χ2v) is 4.17. The molecule has 2 rings (SSSR count). The quantitative estimate of drug-likeness (QED) is 0.914. The van der Waals surface area contributed by atoms with Crippen LogP contribution in [0, 0.1) is 5.82 Å². The van der Waals surface area contributed by atoms with E-state index in [2.05, 4.69) is 15.3 Å². The van der Waals surface area contributed by atoms with Gasteiger partial charge in [-0.1, -0.05) is 17.7 Å². The zero-order valence-electron chi connectivity index (χ0n) is 10.4. The molecule has 2 aromatic rings. The molecule has 1 N–H and O–H groups in total. The van der Waals surface area contributed by atoms with Crippen LogP contribution in [-0.2, 0) is 6.61 Å². The number of hydrogen-bond acceptors (Lipinski definition) is 4. The van der Waals surface area contributed by atoms with Crippen molar-refractivity contribution >= 4 is 17.4 Å². The molecular formula is C13H13ClFN3O. The Labute approximate surface area is 115 Å². The van der Waals surface area contributed by atoms with E-state index >= 15 is 0 Å². The number of halogens is 2. The van der Waals surface area contributed by atoms with E-state index in [1.165, 1.54) is 12.1 Å². The van der Waals surface area contributed by atoms with E-state index in [9.17, 15) is 4.39 Å².